The lowest BCUT2D eigenvalue weighted by molar-refractivity contribution is 0.560. The number of hydrogen-bond acceptors (Lipinski definition) is 1. The predicted octanol–water partition coefficient (Wildman–Crippen LogP) is 4.45. The molecule has 2 rings (SSSR count). The average molecular weight is 261 g/mol. The minimum Gasteiger partial charge on any atom is -0.380 e. The van der Waals surface area contributed by atoms with Crippen LogP contribution in [0.3, 0.4) is 0 Å². The maximum atomic E-state index is 13.6. The zero-order valence-electron chi connectivity index (χ0n) is 11.1. The molecule has 0 heterocycles. The SMILES string of the molecule is CCc1cccc(C)c1NCc1c(F)cccc1F. The monoisotopic (exact) mass is 261 g/mol. The number of para-hydroxylation sites is 1. The summed E-state index contributed by atoms with van der Waals surface area (Å²) in [5.41, 5.74) is 3.27. The highest BCUT2D eigenvalue weighted by atomic mass is 19.1. The first-order valence-corrected chi connectivity index (χ1v) is 6.38. The first-order chi connectivity index (χ1) is 9.13. The minimum absolute atomic E-state index is 0.0767. The van der Waals surface area contributed by atoms with E-state index < -0.39 is 11.6 Å². The number of rotatable bonds is 4. The van der Waals surface area contributed by atoms with Gasteiger partial charge in [0.05, 0.1) is 0 Å². The van der Waals surface area contributed by atoms with Crippen molar-refractivity contribution < 1.29 is 8.78 Å². The first-order valence-electron chi connectivity index (χ1n) is 6.38. The molecule has 0 bridgehead atoms. The van der Waals surface area contributed by atoms with E-state index in [9.17, 15) is 8.78 Å². The van der Waals surface area contributed by atoms with Crippen molar-refractivity contribution in [3.63, 3.8) is 0 Å². The molecule has 0 aliphatic carbocycles. The fourth-order valence-electron chi connectivity index (χ4n) is 2.15. The Morgan fingerprint density at radius 2 is 1.63 bits per heavy atom. The molecule has 0 aliphatic rings. The Labute approximate surface area is 112 Å². The van der Waals surface area contributed by atoms with Gasteiger partial charge < -0.3 is 5.32 Å². The van der Waals surface area contributed by atoms with E-state index in [4.69, 9.17) is 0 Å². The lowest BCUT2D eigenvalue weighted by atomic mass is 10.1. The summed E-state index contributed by atoms with van der Waals surface area (Å²) >= 11 is 0. The topological polar surface area (TPSA) is 12.0 Å². The van der Waals surface area contributed by atoms with Gasteiger partial charge in [0.2, 0.25) is 0 Å². The van der Waals surface area contributed by atoms with Gasteiger partial charge in [-0.1, -0.05) is 31.2 Å². The second kappa shape index (κ2) is 5.83. The van der Waals surface area contributed by atoms with Gasteiger partial charge in [0.25, 0.3) is 0 Å². The maximum absolute atomic E-state index is 13.6. The molecular formula is C16H17F2N. The second-order valence-corrected chi connectivity index (χ2v) is 4.52. The molecule has 0 saturated heterocycles. The Hall–Kier alpha value is -1.90. The molecule has 0 spiro atoms. The Bertz CT molecular complexity index is 559. The Morgan fingerprint density at radius 1 is 1.00 bits per heavy atom. The molecule has 0 aliphatic heterocycles. The third-order valence-corrected chi connectivity index (χ3v) is 3.24. The quantitative estimate of drug-likeness (QED) is 0.857. The van der Waals surface area contributed by atoms with Crippen LogP contribution in [-0.4, -0.2) is 0 Å². The highest BCUT2D eigenvalue weighted by molar-refractivity contribution is 5.57. The standard InChI is InChI=1S/C16H17F2N/c1-3-12-7-4-6-11(2)16(12)19-10-13-14(17)8-5-9-15(13)18/h4-9,19H,3,10H2,1-2H3. The van der Waals surface area contributed by atoms with Crippen LogP contribution in [0, 0.1) is 18.6 Å². The van der Waals surface area contributed by atoms with Crippen molar-refractivity contribution in [2.75, 3.05) is 5.32 Å². The van der Waals surface area contributed by atoms with Crippen LogP contribution >= 0.6 is 0 Å². The summed E-state index contributed by atoms with van der Waals surface area (Å²) in [5.74, 6) is -1.03. The van der Waals surface area contributed by atoms with Crippen molar-refractivity contribution >= 4 is 5.69 Å². The molecule has 0 radical (unpaired) electrons. The molecule has 0 unspecified atom stereocenters. The maximum Gasteiger partial charge on any atom is 0.131 e. The Morgan fingerprint density at radius 3 is 2.26 bits per heavy atom. The number of hydrogen-bond donors (Lipinski definition) is 1. The predicted molar refractivity (Wildman–Crippen MR) is 74.2 cm³/mol. The van der Waals surface area contributed by atoms with Gasteiger partial charge in [-0.05, 0) is 36.6 Å². The van der Waals surface area contributed by atoms with Gasteiger partial charge in [0, 0.05) is 17.8 Å². The second-order valence-electron chi connectivity index (χ2n) is 4.52. The molecule has 1 N–H and O–H groups in total. The third kappa shape index (κ3) is 2.92. The molecule has 0 saturated carbocycles. The Kier molecular flexibility index (Phi) is 4.15. The van der Waals surface area contributed by atoms with Gasteiger partial charge in [-0.15, -0.1) is 0 Å². The van der Waals surface area contributed by atoms with Crippen LogP contribution < -0.4 is 5.32 Å². The molecule has 2 aromatic carbocycles. The van der Waals surface area contributed by atoms with E-state index in [1.807, 2.05) is 25.1 Å². The lowest BCUT2D eigenvalue weighted by Crippen LogP contribution is -2.07. The molecule has 2 aromatic rings. The van der Waals surface area contributed by atoms with Crippen LogP contribution in [0.2, 0.25) is 0 Å². The summed E-state index contributed by atoms with van der Waals surface area (Å²) in [6.45, 7) is 4.19. The van der Waals surface area contributed by atoms with Crippen LogP contribution in [0.1, 0.15) is 23.6 Å². The third-order valence-electron chi connectivity index (χ3n) is 3.24. The number of benzene rings is 2. The number of aryl methyl sites for hydroxylation is 2. The van der Waals surface area contributed by atoms with Crippen LogP contribution in [-0.2, 0) is 13.0 Å². The van der Waals surface area contributed by atoms with E-state index in [-0.39, 0.29) is 12.1 Å². The van der Waals surface area contributed by atoms with E-state index >= 15 is 0 Å². The van der Waals surface area contributed by atoms with Gasteiger partial charge in [-0.2, -0.15) is 0 Å². The summed E-state index contributed by atoms with van der Waals surface area (Å²) in [6.07, 6.45) is 0.879. The van der Waals surface area contributed by atoms with E-state index in [2.05, 4.69) is 12.2 Å². The molecule has 0 aromatic heterocycles. The van der Waals surface area contributed by atoms with Crippen LogP contribution in [0.15, 0.2) is 36.4 Å². The van der Waals surface area contributed by atoms with Gasteiger partial charge in [-0.25, -0.2) is 8.78 Å². The van der Waals surface area contributed by atoms with Gasteiger partial charge in [-0.3, -0.25) is 0 Å². The zero-order valence-corrected chi connectivity index (χ0v) is 11.1. The first kappa shape index (κ1) is 13.5. The van der Waals surface area contributed by atoms with E-state index in [1.54, 1.807) is 0 Å². The number of nitrogens with one attached hydrogen (secondary N) is 1. The van der Waals surface area contributed by atoms with Gasteiger partial charge in [0.1, 0.15) is 11.6 Å². The van der Waals surface area contributed by atoms with Crippen LogP contribution in [0.5, 0.6) is 0 Å². The molecule has 100 valence electrons. The Balaban J connectivity index is 2.24. The van der Waals surface area contributed by atoms with E-state index in [0.717, 1.165) is 23.2 Å². The van der Waals surface area contributed by atoms with Crippen molar-refractivity contribution in [3.05, 3.63) is 64.7 Å². The van der Waals surface area contributed by atoms with Crippen molar-refractivity contribution in [2.24, 2.45) is 0 Å². The molecule has 19 heavy (non-hydrogen) atoms. The summed E-state index contributed by atoms with van der Waals surface area (Å²) in [7, 11) is 0. The number of halogens is 2. The van der Waals surface area contributed by atoms with E-state index in [0.29, 0.717) is 0 Å². The van der Waals surface area contributed by atoms with Gasteiger partial charge in [0.15, 0.2) is 0 Å². The van der Waals surface area contributed by atoms with Crippen molar-refractivity contribution in [1.82, 2.24) is 0 Å². The molecule has 0 amide bonds. The number of anilines is 1. The zero-order chi connectivity index (χ0) is 13.8. The molecule has 3 heteroatoms. The lowest BCUT2D eigenvalue weighted by Gasteiger charge is -2.14. The highest BCUT2D eigenvalue weighted by Gasteiger charge is 2.09. The summed E-state index contributed by atoms with van der Waals surface area (Å²) in [4.78, 5) is 0. The summed E-state index contributed by atoms with van der Waals surface area (Å²) in [6, 6.07) is 9.92. The fourth-order valence-corrected chi connectivity index (χ4v) is 2.15. The highest BCUT2D eigenvalue weighted by Crippen LogP contribution is 2.22. The van der Waals surface area contributed by atoms with Gasteiger partial charge >= 0.3 is 0 Å². The van der Waals surface area contributed by atoms with Crippen LogP contribution in [0.4, 0.5) is 14.5 Å². The van der Waals surface area contributed by atoms with Crippen molar-refractivity contribution in [1.29, 1.82) is 0 Å². The fraction of sp³-hybridized carbons (Fsp3) is 0.250. The summed E-state index contributed by atoms with van der Waals surface area (Å²) in [5, 5.41) is 3.15. The van der Waals surface area contributed by atoms with Crippen molar-refractivity contribution in [3.8, 4) is 0 Å². The minimum atomic E-state index is -0.515. The summed E-state index contributed by atoms with van der Waals surface area (Å²) < 4.78 is 27.1. The normalized spacial score (nSPS) is 10.5. The van der Waals surface area contributed by atoms with E-state index in [1.165, 1.54) is 18.2 Å². The van der Waals surface area contributed by atoms with Crippen LogP contribution in [0.25, 0.3) is 0 Å². The molecular weight excluding hydrogens is 244 g/mol. The molecule has 1 nitrogen and oxygen atoms in total. The van der Waals surface area contributed by atoms with Crippen molar-refractivity contribution in [2.45, 2.75) is 26.8 Å². The average Bonchev–Trinajstić information content (AvgIpc) is 2.39. The molecule has 0 fully saturated rings. The molecule has 0 atom stereocenters. The largest absolute Gasteiger partial charge is 0.380 e. The smallest absolute Gasteiger partial charge is 0.131 e.